The summed E-state index contributed by atoms with van der Waals surface area (Å²) in [6.07, 6.45) is 5.00. The number of nitrogens with zero attached hydrogens (tertiary/aromatic N) is 2. The van der Waals surface area contributed by atoms with Crippen molar-refractivity contribution in [3.8, 4) is 0 Å². The number of fused-ring (bicyclic) bond motifs is 1. The normalized spacial score (nSPS) is 17.8. The average Bonchev–Trinajstić information content (AvgIpc) is 3.45. The van der Waals surface area contributed by atoms with Gasteiger partial charge in [0.15, 0.2) is 5.16 Å². The highest BCUT2D eigenvalue weighted by atomic mass is 32.2. The molecule has 4 rings (SSSR count). The van der Waals surface area contributed by atoms with Crippen LogP contribution in [-0.2, 0) is 11.8 Å². The van der Waals surface area contributed by atoms with Crippen LogP contribution in [0.15, 0.2) is 21.4 Å². The molecule has 1 N–H and O–H groups in total. The molecule has 1 amide bonds. The van der Waals surface area contributed by atoms with E-state index in [1.165, 1.54) is 53.3 Å². The maximum absolute atomic E-state index is 12.3. The molecule has 0 radical (unpaired) electrons. The van der Waals surface area contributed by atoms with E-state index in [0.29, 0.717) is 34.2 Å². The second-order valence-electron chi connectivity index (χ2n) is 6.45. The van der Waals surface area contributed by atoms with Crippen molar-refractivity contribution < 1.29 is 4.79 Å². The Hall–Kier alpha value is -1.34. The van der Waals surface area contributed by atoms with Gasteiger partial charge in [-0.15, -0.1) is 11.3 Å². The lowest BCUT2D eigenvalue weighted by atomic mass is 10.1. The van der Waals surface area contributed by atoms with Crippen LogP contribution in [0.25, 0.3) is 10.2 Å². The zero-order valence-electron chi connectivity index (χ0n) is 12.9. The van der Waals surface area contributed by atoms with Gasteiger partial charge in [-0.25, -0.2) is 4.98 Å². The van der Waals surface area contributed by atoms with Gasteiger partial charge in [0, 0.05) is 13.1 Å². The van der Waals surface area contributed by atoms with E-state index < -0.39 is 0 Å². The summed E-state index contributed by atoms with van der Waals surface area (Å²) >= 11 is 2.80. The summed E-state index contributed by atoms with van der Waals surface area (Å²) in [5, 5.41) is 6.33. The molecule has 2 saturated carbocycles. The van der Waals surface area contributed by atoms with Crippen molar-refractivity contribution >= 4 is 39.2 Å². The molecule has 2 aliphatic rings. The first-order valence-corrected chi connectivity index (χ1v) is 9.86. The molecular formula is C16H19N3O2S2. The Bertz CT molecular complexity index is 793. The van der Waals surface area contributed by atoms with E-state index in [4.69, 9.17) is 0 Å². The first-order valence-electron chi connectivity index (χ1n) is 8.00. The molecule has 2 heterocycles. The van der Waals surface area contributed by atoms with Crippen LogP contribution in [0, 0.1) is 11.8 Å². The number of carbonyl (C=O) groups excluding carboxylic acids is 1. The molecule has 2 aliphatic carbocycles. The Morgan fingerprint density at radius 1 is 1.43 bits per heavy atom. The highest BCUT2D eigenvalue weighted by Gasteiger charge is 2.42. The van der Waals surface area contributed by atoms with Crippen molar-refractivity contribution in [2.75, 3.05) is 5.75 Å². The van der Waals surface area contributed by atoms with Crippen molar-refractivity contribution in [1.82, 2.24) is 14.9 Å². The van der Waals surface area contributed by atoms with E-state index in [9.17, 15) is 9.59 Å². The van der Waals surface area contributed by atoms with Crippen molar-refractivity contribution in [2.45, 2.75) is 36.9 Å². The predicted octanol–water partition coefficient (Wildman–Crippen LogP) is 2.39. The molecule has 2 fully saturated rings. The Kier molecular flexibility index (Phi) is 3.93. The third-order valence-electron chi connectivity index (χ3n) is 4.58. The predicted molar refractivity (Wildman–Crippen MR) is 93.0 cm³/mol. The minimum atomic E-state index is -0.0482. The van der Waals surface area contributed by atoms with E-state index >= 15 is 0 Å². The van der Waals surface area contributed by atoms with Gasteiger partial charge in [-0.05, 0) is 49.0 Å². The van der Waals surface area contributed by atoms with Gasteiger partial charge in [0.1, 0.15) is 4.83 Å². The largest absolute Gasteiger partial charge is 0.352 e. The number of carbonyl (C=O) groups is 1. The Labute approximate surface area is 142 Å². The Morgan fingerprint density at radius 3 is 2.78 bits per heavy atom. The van der Waals surface area contributed by atoms with Crippen LogP contribution in [0.2, 0.25) is 0 Å². The lowest BCUT2D eigenvalue weighted by Gasteiger charge is -2.17. The number of aromatic nitrogens is 2. The van der Waals surface area contributed by atoms with Crippen LogP contribution in [0.3, 0.4) is 0 Å². The SMILES string of the molecule is Cn1c(SCC(=O)NC(C2CC2)C2CC2)nc2sccc2c1=O. The molecule has 2 aromatic heterocycles. The van der Waals surface area contributed by atoms with Crippen molar-refractivity contribution in [3.05, 3.63) is 21.8 Å². The van der Waals surface area contributed by atoms with Crippen LogP contribution < -0.4 is 10.9 Å². The molecule has 0 aromatic carbocycles. The van der Waals surface area contributed by atoms with Crippen molar-refractivity contribution in [3.63, 3.8) is 0 Å². The summed E-state index contributed by atoms with van der Waals surface area (Å²) < 4.78 is 1.53. The van der Waals surface area contributed by atoms with Gasteiger partial charge in [-0.2, -0.15) is 0 Å². The van der Waals surface area contributed by atoms with Crippen LogP contribution in [0.4, 0.5) is 0 Å². The zero-order valence-corrected chi connectivity index (χ0v) is 14.6. The van der Waals surface area contributed by atoms with Gasteiger partial charge >= 0.3 is 0 Å². The molecule has 0 aliphatic heterocycles. The van der Waals surface area contributed by atoms with E-state index in [0.717, 1.165) is 4.83 Å². The quantitative estimate of drug-likeness (QED) is 0.642. The second kappa shape index (κ2) is 5.94. The third-order valence-corrected chi connectivity index (χ3v) is 6.42. The first kappa shape index (κ1) is 15.2. The lowest BCUT2D eigenvalue weighted by molar-refractivity contribution is -0.119. The number of rotatable bonds is 6. The first-order chi connectivity index (χ1) is 11.1. The van der Waals surface area contributed by atoms with Crippen molar-refractivity contribution in [1.29, 1.82) is 0 Å². The molecule has 122 valence electrons. The van der Waals surface area contributed by atoms with Crippen LogP contribution in [-0.4, -0.2) is 27.3 Å². The molecular weight excluding hydrogens is 330 g/mol. The fourth-order valence-electron chi connectivity index (χ4n) is 3.00. The van der Waals surface area contributed by atoms with Gasteiger partial charge in [0.2, 0.25) is 5.91 Å². The van der Waals surface area contributed by atoms with Crippen LogP contribution >= 0.6 is 23.1 Å². The van der Waals surface area contributed by atoms with Gasteiger partial charge < -0.3 is 5.32 Å². The molecule has 0 saturated heterocycles. The number of hydrogen-bond acceptors (Lipinski definition) is 5. The second-order valence-corrected chi connectivity index (χ2v) is 8.29. The maximum atomic E-state index is 12.3. The molecule has 7 heteroatoms. The molecule has 5 nitrogen and oxygen atoms in total. The highest BCUT2D eigenvalue weighted by Crippen LogP contribution is 2.44. The topological polar surface area (TPSA) is 64.0 Å². The maximum Gasteiger partial charge on any atom is 0.262 e. The summed E-state index contributed by atoms with van der Waals surface area (Å²) in [4.78, 5) is 29.7. The Morgan fingerprint density at radius 2 is 2.13 bits per heavy atom. The van der Waals surface area contributed by atoms with Crippen LogP contribution in [0.1, 0.15) is 25.7 Å². The summed E-state index contributed by atoms with van der Waals surface area (Å²) in [6.45, 7) is 0. The lowest BCUT2D eigenvalue weighted by Crippen LogP contribution is -2.39. The van der Waals surface area contributed by atoms with E-state index in [2.05, 4.69) is 10.3 Å². The van der Waals surface area contributed by atoms with Gasteiger partial charge in [-0.3, -0.25) is 14.2 Å². The van der Waals surface area contributed by atoms with E-state index in [-0.39, 0.29) is 11.5 Å². The zero-order chi connectivity index (χ0) is 16.0. The molecule has 0 unspecified atom stereocenters. The fraction of sp³-hybridized carbons (Fsp3) is 0.562. The summed E-state index contributed by atoms with van der Waals surface area (Å²) in [5.74, 6) is 1.76. The summed E-state index contributed by atoms with van der Waals surface area (Å²) in [7, 11) is 1.71. The molecule has 23 heavy (non-hydrogen) atoms. The van der Waals surface area contributed by atoms with E-state index in [1.54, 1.807) is 13.1 Å². The number of nitrogens with one attached hydrogen (secondary N) is 1. The molecule has 0 spiro atoms. The van der Waals surface area contributed by atoms with Gasteiger partial charge in [0.05, 0.1) is 11.1 Å². The number of amides is 1. The molecule has 2 aromatic rings. The molecule has 0 atom stereocenters. The smallest absolute Gasteiger partial charge is 0.262 e. The Balaban J connectivity index is 1.43. The highest BCUT2D eigenvalue weighted by molar-refractivity contribution is 7.99. The van der Waals surface area contributed by atoms with Crippen LogP contribution in [0.5, 0.6) is 0 Å². The molecule has 0 bridgehead atoms. The van der Waals surface area contributed by atoms with Gasteiger partial charge in [-0.1, -0.05) is 11.8 Å². The standard InChI is InChI=1S/C16H19N3O2S2/c1-19-15(21)11-6-7-22-14(11)18-16(19)23-8-12(20)17-13(9-2-3-9)10-4-5-10/h6-7,9-10,13H,2-5,8H2,1H3,(H,17,20). The monoisotopic (exact) mass is 349 g/mol. The minimum Gasteiger partial charge on any atom is -0.352 e. The number of thioether (sulfide) groups is 1. The minimum absolute atomic E-state index is 0.0482. The number of hydrogen-bond donors (Lipinski definition) is 1. The van der Waals surface area contributed by atoms with E-state index in [1.807, 2.05) is 5.38 Å². The fourth-order valence-corrected chi connectivity index (χ4v) is 4.59. The van der Waals surface area contributed by atoms with Crippen molar-refractivity contribution in [2.24, 2.45) is 18.9 Å². The summed E-state index contributed by atoms with van der Waals surface area (Å²) in [6, 6.07) is 2.17. The third kappa shape index (κ3) is 3.17. The van der Waals surface area contributed by atoms with Gasteiger partial charge in [0.25, 0.3) is 5.56 Å². The summed E-state index contributed by atoms with van der Waals surface area (Å²) in [5.41, 5.74) is -0.0482. The average molecular weight is 349 g/mol. The number of thiophene rings is 1.